The number of hydrogen-bond acceptors (Lipinski definition) is 6. The predicted molar refractivity (Wildman–Crippen MR) is 218 cm³/mol. The molecule has 3 amide bonds. The van der Waals surface area contributed by atoms with E-state index in [1.54, 1.807) is 24.5 Å². The number of carbonyl (C=O) groups excluding carboxylic acids is 3. The van der Waals surface area contributed by atoms with E-state index in [1.165, 1.54) is 9.80 Å². The number of amides is 3. The average molecular weight is 793 g/mol. The predicted octanol–water partition coefficient (Wildman–Crippen LogP) is 7.97. The Hall–Kier alpha value is -5.65. The van der Waals surface area contributed by atoms with Crippen molar-refractivity contribution in [2.45, 2.75) is 31.6 Å². The molecule has 2 aliphatic heterocycles. The second-order valence-corrected chi connectivity index (χ2v) is 15.6. The highest BCUT2D eigenvalue weighted by molar-refractivity contribution is 6.19. The van der Waals surface area contributed by atoms with Gasteiger partial charge in [0.05, 0.1) is 22.4 Å². The minimum atomic E-state index is -0.824. The minimum Gasteiger partial charge on any atom is -0.506 e. The Morgan fingerprint density at radius 1 is 0.750 bits per heavy atom. The average Bonchev–Trinajstić information content (AvgIpc) is 4.02. The first-order valence-corrected chi connectivity index (χ1v) is 19.7. The van der Waals surface area contributed by atoms with Gasteiger partial charge in [0, 0.05) is 77.9 Å². The van der Waals surface area contributed by atoms with E-state index in [1.807, 2.05) is 62.4 Å². The van der Waals surface area contributed by atoms with Crippen molar-refractivity contribution in [3.63, 3.8) is 0 Å². The van der Waals surface area contributed by atoms with Crippen LogP contribution in [-0.4, -0.2) is 87.5 Å². The lowest BCUT2D eigenvalue weighted by molar-refractivity contribution is -0.122. The number of anilines is 2. The van der Waals surface area contributed by atoms with Gasteiger partial charge in [0.1, 0.15) is 31.2 Å². The summed E-state index contributed by atoms with van der Waals surface area (Å²) in [5.74, 6) is -1.20. The van der Waals surface area contributed by atoms with Crippen LogP contribution in [0.5, 0.6) is 11.5 Å². The van der Waals surface area contributed by atoms with Crippen molar-refractivity contribution >= 4 is 74.3 Å². The fourth-order valence-electron chi connectivity index (χ4n) is 9.14. The van der Waals surface area contributed by atoms with Gasteiger partial charge in [-0.15, -0.1) is 23.2 Å². The van der Waals surface area contributed by atoms with Crippen molar-refractivity contribution in [2.75, 3.05) is 54.3 Å². The number of carbonyl (C=O) groups is 3. The molecule has 0 fully saturated rings. The summed E-state index contributed by atoms with van der Waals surface area (Å²) in [7, 11) is 0. The molecule has 4 heterocycles. The molecule has 0 spiro atoms. The van der Waals surface area contributed by atoms with Crippen LogP contribution in [0.4, 0.5) is 16.2 Å². The Balaban J connectivity index is 1.04. The molecule has 3 aliphatic rings. The third-order valence-corrected chi connectivity index (χ3v) is 12.5. The largest absolute Gasteiger partial charge is 0.506 e. The number of halogens is 2. The fraction of sp³-hybridized carbons (Fsp3) is 0.279. The summed E-state index contributed by atoms with van der Waals surface area (Å²) in [4.78, 5) is 53.5. The molecule has 0 saturated carbocycles. The molecule has 1 aliphatic carbocycles. The van der Waals surface area contributed by atoms with Crippen LogP contribution in [0, 0.1) is 13.8 Å². The van der Waals surface area contributed by atoms with Crippen molar-refractivity contribution < 1.29 is 29.3 Å². The minimum absolute atomic E-state index is 0.00920. The molecule has 4 N–H and O–H groups in total. The molecule has 2 atom stereocenters. The first kappa shape index (κ1) is 36.0. The Morgan fingerprint density at radius 3 is 1.64 bits per heavy atom. The van der Waals surface area contributed by atoms with Crippen LogP contribution < -0.4 is 9.80 Å². The number of nitrogens with one attached hydrogen (secondary N) is 2. The summed E-state index contributed by atoms with van der Waals surface area (Å²) < 4.78 is 6.03. The monoisotopic (exact) mass is 791 g/mol. The molecular formula is C43H39Cl2N5O6. The lowest BCUT2D eigenvalue weighted by atomic mass is 9.97. The number of hydrogen-bond donors (Lipinski definition) is 4. The van der Waals surface area contributed by atoms with E-state index in [2.05, 4.69) is 9.97 Å². The second-order valence-electron chi connectivity index (χ2n) is 15.0. The standard InChI is InChI=1S/C43H39Cl2N5O6/c1-22-15-46-41-33(51)11-31-39(37(22)41)24(13-44)17-49(31)35(53)19-48(43(55)56-21-30-28-9-5-3-7-26(28)27-8-4-6-10-29(27)30)20-36(54)50-18-25(14-45)40-32(50)12-34(52)42-38(40)23(2)16-47-42/h3-12,15-16,24-25,30,46-47,51-52H,13-14,17-21H2,1-2H3. The topological polar surface area (TPSA) is 142 Å². The normalized spacial score (nSPS) is 17.0. The maximum absolute atomic E-state index is 14.4. The highest BCUT2D eigenvalue weighted by Crippen LogP contribution is 2.48. The van der Waals surface area contributed by atoms with Crippen LogP contribution in [0.3, 0.4) is 0 Å². The molecule has 0 bridgehead atoms. The van der Waals surface area contributed by atoms with Crippen LogP contribution >= 0.6 is 23.2 Å². The molecule has 9 rings (SSSR count). The number of nitrogens with zero attached hydrogens (tertiary/aromatic N) is 3. The lowest BCUT2D eigenvalue weighted by Gasteiger charge is -2.27. The van der Waals surface area contributed by atoms with Crippen LogP contribution in [0.25, 0.3) is 32.9 Å². The molecule has 0 radical (unpaired) electrons. The molecule has 2 unspecified atom stereocenters. The molecule has 0 saturated heterocycles. The number of aromatic nitrogens is 2. The number of aromatic amines is 2. The number of alkyl halides is 2. The van der Waals surface area contributed by atoms with Gasteiger partial charge in [-0.2, -0.15) is 0 Å². The van der Waals surface area contributed by atoms with Crippen molar-refractivity contribution in [2.24, 2.45) is 0 Å². The number of phenols is 2. The van der Waals surface area contributed by atoms with Gasteiger partial charge in [0.15, 0.2) is 0 Å². The molecule has 286 valence electrons. The van der Waals surface area contributed by atoms with E-state index in [9.17, 15) is 24.6 Å². The smallest absolute Gasteiger partial charge is 0.410 e. The number of aromatic hydroxyl groups is 2. The number of rotatable bonds is 8. The molecule has 11 nitrogen and oxygen atoms in total. The zero-order chi connectivity index (χ0) is 39.0. The molecule has 6 aromatic rings. The van der Waals surface area contributed by atoms with E-state index in [-0.39, 0.29) is 60.7 Å². The van der Waals surface area contributed by atoms with E-state index in [0.717, 1.165) is 60.2 Å². The second kappa shape index (κ2) is 13.8. The van der Waals surface area contributed by atoms with Gasteiger partial charge < -0.3 is 34.7 Å². The van der Waals surface area contributed by atoms with Gasteiger partial charge in [0.2, 0.25) is 11.8 Å². The van der Waals surface area contributed by atoms with E-state index >= 15 is 0 Å². The summed E-state index contributed by atoms with van der Waals surface area (Å²) >= 11 is 13.0. The third-order valence-electron chi connectivity index (χ3n) is 11.7. The van der Waals surface area contributed by atoms with Crippen LogP contribution in [0.15, 0.2) is 73.1 Å². The summed E-state index contributed by atoms with van der Waals surface area (Å²) in [6, 6.07) is 19.1. The molecule has 2 aromatic heterocycles. The van der Waals surface area contributed by atoms with Gasteiger partial charge in [0.25, 0.3) is 0 Å². The summed E-state index contributed by atoms with van der Waals surface area (Å²) in [5.41, 5.74) is 9.83. The van der Waals surface area contributed by atoms with Gasteiger partial charge in [-0.3, -0.25) is 14.5 Å². The number of ether oxygens (including phenoxy) is 1. The maximum Gasteiger partial charge on any atom is 0.410 e. The van der Waals surface area contributed by atoms with Crippen LogP contribution in [-0.2, 0) is 14.3 Å². The Kier molecular flexibility index (Phi) is 8.89. The maximum atomic E-state index is 14.4. The number of aryl methyl sites for hydroxylation is 2. The van der Waals surface area contributed by atoms with Crippen molar-refractivity contribution in [3.05, 3.63) is 106 Å². The number of benzene rings is 4. The number of phenolic OH excluding ortho intramolecular Hbond substituents is 2. The lowest BCUT2D eigenvalue weighted by Crippen LogP contribution is -2.48. The third kappa shape index (κ3) is 5.58. The highest BCUT2D eigenvalue weighted by Gasteiger charge is 2.40. The molecule has 4 aromatic carbocycles. The Bertz CT molecular complexity index is 2430. The fourth-order valence-corrected chi connectivity index (χ4v) is 9.65. The SMILES string of the molecule is Cc1c[nH]c2c(O)cc3c(c12)C(CCl)CN3C(=O)CN(CC(=O)N1CC(CCl)c2c1cc(O)c1[nH]cc(C)c21)C(=O)OCC1c2ccccc2-c2ccccc21. The van der Waals surface area contributed by atoms with Crippen molar-refractivity contribution in [1.29, 1.82) is 0 Å². The zero-order valence-electron chi connectivity index (χ0n) is 30.7. The van der Waals surface area contributed by atoms with Gasteiger partial charge in [-0.25, -0.2) is 4.79 Å². The summed E-state index contributed by atoms with van der Waals surface area (Å²) in [6.45, 7) is 3.33. The van der Waals surface area contributed by atoms with Crippen LogP contribution in [0.1, 0.15) is 51.1 Å². The quantitative estimate of drug-likeness (QED) is 0.115. The number of H-pyrrole nitrogens is 2. The van der Waals surface area contributed by atoms with Crippen molar-refractivity contribution in [1.82, 2.24) is 14.9 Å². The highest BCUT2D eigenvalue weighted by atomic mass is 35.5. The van der Waals surface area contributed by atoms with E-state index < -0.39 is 31.0 Å². The van der Waals surface area contributed by atoms with Gasteiger partial charge in [-0.05, 0) is 58.4 Å². The Morgan fingerprint density at radius 2 is 1.20 bits per heavy atom. The first-order chi connectivity index (χ1) is 27.1. The summed E-state index contributed by atoms with van der Waals surface area (Å²) in [5, 5.41) is 23.6. The first-order valence-electron chi connectivity index (χ1n) is 18.6. The Labute approximate surface area is 332 Å². The zero-order valence-corrected chi connectivity index (χ0v) is 32.2. The van der Waals surface area contributed by atoms with E-state index in [0.29, 0.717) is 22.4 Å². The van der Waals surface area contributed by atoms with Gasteiger partial charge in [-0.1, -0.05) is 48.5 Å². The summed E-state index contributed by atoms with van der Waals surface area (Å²) in [6.07, 6.45) is 2.78. The number of fused-ring (bicyclic) bond motifs is 9. The molecular weight excluding hydrogens is 753 g/mol. The van der Waals surface area contributed by atoms with Gasteiger partial charge >= 0.3 is 6.09 Å². The van der Waals surface area contributed by atoms with Crippen LogP contribution in [0.2, 0.25) is 0 Å². The molecule has 13 heteroatoms. The van der Waals surface area contributed by atoms with Crippen molar-refractivity contribution in [3.8, 4) is 22.6 Å². The van der Waals surface area contributed by atoms with E-state index in [4.69, 9.17) is 27.9 Å². The molecule has 56 heavy (non-hydrogen) atoms.